The molecular formula is C32H49N3O3S. The molecule has 2 aromatic rings. The summed E-state index contributed by atoms with van der Waals surface area (Å²) in [6.07, 6.45) is 6.56. The van der Waals surface area contributed by atoms with E-state index in [-0.39, 0.29) is 24.5 Å². The number of carbonyl (C=O) groups is 2. The molecular weight excluding hydrogens is 506 g/mol. The van der Waals surface area contributed by atoms with E-state index < -0.39 is 0 Å². The molecule has 0 aliphatic rings. The van der Waals surface area contributed by atoms with Gasteiger partial charge in [-0.3, -0.25) is 14.6 Å². The lowest BCUT2D eigenvalue weighted by Gasteiger charge is -2.21. The van der Waals surface area contributed by atoms with E-state index in [9.17, 15) is 14.7 Å². The molecule has 6 nitrogen and oxygen atoms in total. The molecule has 2 unspecified atom stereocenters. The standard InChI is InChI=1S/C16H24N2O2.C16H25NOS/c1-5-10-18(15(20)6-2)11-14(19)17-16-12(3)8-7-9-13(16)4;1-4-12(3)10-14(18)8-6-13-7-9-16(19)15(11-13)17-5-2/h7-9H,5-6,10-11H2,1-4H3,(H,17,19);5,7,9,11-12,14,18-19H,4,6,8,10H2,1-3H3. The van der Waals surface area contributed by atoms with Crippen LogP contribution in [0.5, 0.6) is 0 Å². The summed E-state index contributed by atoms with van der Waals surface area (Å²) in [5.74, 6) is 0.469. The van der Waals surface area contributed by atoms with Crippen LogP contribution in [-0.2, 0) is 16.0 Å². The fourth-order valence-corrected chi connectivity index (χ4v) is 4.40. The van der Waals surface area contributed by atoms with Crippen LogP contribution in [0.1, 0.15) is 83.4 Å². The van der Waals surface area contributed by atoms with Crippen molar-refractivity contribution >= 4 is 42.0 Å². The summed E-state index contributed by atoms with van der Waals surface area (Å²) in [4.78, 5) is 30.7. The molecule has 0 saturated carbocycles. The minimum Gasteiger partial charge on any atom is -0.393 e. The molecule has 0 heterocycles. The molecule has 2 amide bonds. The van der Waals surface area contributed by atoms with Gasteiger partial charge in [0, 0.05) is 29.8 Å². The number of para-hydroxylation sites is 1. The van der Waals surface area contributed by atoms with Gasteiger partial charge in [0.15, 0.2) is 0 Å². The van der Waals surface area contributed by atoms with Crippen molar-refractivity contribution in [2.24, 2.45) is 10.9 Å². The lowest BCUT2D eigenvalue weighted by Crippen LogP contribution is -2.38. The number of hydrogen-bond acceptors (Lipinski definition) is 5. The third-order valence-corrected chi connectivity index (χ3v) is 7.05. The summed E-state index contributed by atoms with van der Waals surface area (Å²) in [6.45, 7) is 14.7. The van der Waals surface area contributed by atoms with Gasteiger partial charge in [-0.15, -0.1) is 12.6 Å². The summed E-state index contributed by atoms with van der Waals surface area (Å²) in [5.41, 5.74) is 5.02. The van der Waals surface area contributed by atoms with Gasteiger partial charge in [0.1, 0.15) is 0 Å². The van der Waals surface area contributed by atoms with Gasteiger partial charge in [-0.05, 0) is 81.2 Å². The number of rotatable bonds is 13. The third kappa shape index (κ3) is 12.8. The van der Waals surface area contributed by atoms with Gasteiger partial charge >= 0.3 is 0 Å². The molecule has 2 rings (SSSR count). The zero-order valence-electron chi connectivity index (χ0n) is 25.0. The highest BCUT2D eigenvalue weighted by Crippen LogP contribution is 2.25. The van der Waals surface area contributed by atoms with E-state index in [1.165, 1.54) is 5.56 Å². The first-order chi connectivity index (χ1) is 18.6. The first-order valence-corrected chi connectivity index (χ1v) is 14.6. The summed E-state index contributed by atoms with van der Waals surface area (Å²) in [5, 5.41) is 12.9. The first kappa shape index (κ1) is 34.4. The second kappa shape index (κ2) is 18.6. The summed E-state index contributed by atoms with van der Waals surface area (Å²) < 4.78 is 0. The monoisotopic (exact) mass is 555 g/mol. The Morgan fingerprint density at radius 2 is 1.79 bits per heavy atom. The summed E-state index contributed by atoms with van der Waals surface area (Å²) in [7, 11) is 0. The van der Waals surface area contributed by atoms with E-state index in [4.69, 9.17) is 0 Å². The second-order valence-electron chi connectivity index (χ2n) is 10.1. The largest absolute Gasteiger partial charge is 0.393 e. The number of aliphatic hydroxyl groups is 1. The van der Waals surface area contributed by atoms with Crippen molar-refractivity contribution in [3.8, 4) is 0 Å². The summed E-state index contributed by atoms with van der Waals surface area (Å²) in [6, 6.07) is 12.0. The average molecular weight is 556 g/mol. The quantitative estimate of drug-likeness (QED) is 0.179. The zero-order valence-corrected chi connectivity index (χ0v) is 25.9. The van der Waals surface area contributed by atoms with E-state index in [1.807, 2.05) is 58.9 Å². The normalized spacial score (nSPS) is 12.4. The van der Waals surface area contributed by atoms with Crippen LogP contribution in [0.2, 0.25) is 0 Å². The number of hydrogen-bond donors (Lipinski definition) is 3. The number of aliphatic hydroxyl groups excluding tert-OH is 1. The molecule has 39 heavy (non-hydrogen) atoms. The molecule has 0 aromatic heterocycles. The van der Waals surface area contributed by atoms with Crippen molar-refractivity contribution < 1.29 is 14.7 Å². The Morgan fingerprint density at radius 1 is 1.13 bits per heavy atom. The van der Waals surface area contributed by atoms with Crippen molar-refractivity contribution in [2.45, 2.75) is 98.0 Å². The molecule has 2 atom stereocenters. The van der Waals surface area contributed by atoms with E-state index in [2.05, 4.69) is 48.9 Å². The van der Waals surface area contributed by atoms with Crippen molar-refractivity contribution in [2.75, 3.05) is 18.4 Å². The van der Waals surface area contributed by atoms with Crippen LogP contribution < -0.4 is 5.32 Å². The molecule has 0 bridgehead atoms. The van der Waals surface area contributed by atoms with Gasteiger partial charge in [0.05, 0.1) is 18.3 Å². The Hall–Kier alpha value is -2.64. The van der Waals surface area contributed by atoms with Crippen molar-refractivity contribution in [3.63, 3.8) is 0 Å². The fraction of sp³-hybridized carbons (Fsp3) is 0.531. The highest BCUT2D eigenvalue weighted by Gasteiger charge is 2.16. The van der Waals surface area contributed by atoms with E-state index in [0.29, 0.717) is 18.9 Å². The molecule has 0 radical (unpaired) electrons. The highest BCUT2D eigenvalue weighted by atomic mass is 32.1. The topological polar surface area (TPSA) is 82.0 Å². The maximum atomic E-state index is 12.1. The molecule has 2 aromatic carbocycles. The number of nitrogens with zero attached hydrogens (tertiary/aromatic N) is 2. The van der Waals surface area contributed by atoms with Gasteiger partial charge in [-0.25, -0.2) is 0 Å². The minimum atomic E-state index is -0.205. The van der Waals surface area contributed by atoms with Gasteiger partial charge in [-0.2, -0.15) is 0 Å². The highest BCUT2D eigenvalue weighted by molar-refractivity contribution is 7.80. The van der Waals surface area contributed by atoms with Gasteiger partial charge < -0.3 is 15.3 Å². The van der Waals surface area contributed by atoms with Crippen LogP contribution in [0.25, 0.3) is 0 Å². The number of anilines is 1. The number of aliphatic imine (C=N–C) groups is 1. The lowest BCUT2D eigenvalue weighted by molar-refractivity contribution is -0.134. The van der Waals surface area contributed by atoms with Crippen LogP contribution in [0.15, 0.2) is 46.3 Å². The molecule has 0 fully saturated rings. The Morgan fingerprint density at radius 3 is 2.36 bits per heavy atom. The molecule has 2 N–H and O–H groups in total. The zero-order chi connectivity index (χ0) is 29.4. The maximum Gasteiger partial charge on any atom is 0.244 e. The molecule has 0 aliphatic heterocycles. The molecule has 0 saturated heterocycles. The van der Waals surface area contributed by atoms with Gasteiger partial charge in [0.25, 0.3) is 0 Å². The van der Waals surface area contributed by atoms with E-state index >= 15 is 0 Å². The van der Waals surface area contributed by atoms with Gasteiger partial charge in [0.2, 0.25) is 11.8 Å². The Balaban J connectivity index is 0.000000391. The molecule has 216 valence electrons. The van der Waals surface area contributed by atoms with Gasteiger partial charge in [-0.1, -0.05) is 58.4 Å². The predicted octanol–water partition coefficient (Wildman–Crippen LogP) is 7.32. The minimum absolute atomic E-state index is 0.0171. The third-order valence-electron chi connectivity index (χ3n) is 6.67. The Bertz CT molecular complexity index is 1050. The van der Waals surface area contributed by atoms with Crippen molar-refractivity contribution in [3.05, 3.63) is 53.1 Å². The molecule has 0 spiro atoms. The predicted molar refractivity (Wildman–Crippen MR) is 168 cm³/mol. The summed E-state index contributed by atoms with van der Waals surface area (Å²) >= 11 is 4.38. The second-order valence-corrected chi connectivity index (χ2v) is 10.6. The number of nitrogens with one attached hydrogen (secondary N) is 1. The van der Waals surface area contributed by atoms with E-state index in [0.717, 1.165) is 59.5 Å². The Labute approximate surface area is 241 Å². The number of aryl methyl sites for hydroxylation is 3. The number of carbonyl (C=O) groups excluding carboxylic acids is 2. The van der Waals surface area contributed by atoms with E-state index in [1.54, 1.807) is 11.1 Å². The number of thiol groups is 1. The van der Waals surface area contributed by atoms with Crippen LogP contribution in [0, 0.1) is 19.8 Å². The molecule has 0 aliphatic carbocycles. The van der Waals surface area contributed by atoms with Crippen LogP contribution >= 0.6 is 12.6 Å². The molecule has 7 heteroatoms. The smallest absolute Gasteiger partial charge is 0.244 e. The van der Waals surface area contributed by atoms with Crippen LogP contribution in [0.4, 0.5) is 11.4 Å². The lowest BCUT2D eigenvalue weighted by atomic mass is 9.97. The SMILES string of the molecule is CC=Nc1cc(CCC(O)CC(C)CC)ccc1S.CCCN(CC(=O)Nc1c(C)cccc1C)C(=O)CC. The first-order valence-electron chi connectivity index (χ1n) is 14.2. The van der Waals surface area contributed by atoms with Crippen LogP contribution in [0.3, 0.4) is 0 Å². The van der Waals surface area contributed by atoms with Crippen molar-refractivity contribution in [1.29, 1.82) is 0 Å². The number of benzene rings is 2. The van der Waals surface area contributed by atoms with Crippen molar-refractivity contribution in [1.82, 2.24) is 4.90 Å². The fourth-order valence-electron chi connectivity index (χ4n) is 4.20. The Kier molecular flexibility index (Phi) is 16.4. The maximum absolute atomic E-state index is 12.1. The number of amides is 2. The average Bonchev–Trinajstić information content (AvgIpc) is 2.91. The van der Waals surface area contributed by atoms with Crippen LogP contribution in [-0.4, -0.2) is 47.2 Å².